The van der Waals surface area contributed by atoms with Crippen LogP contribution >= 0.6 is 11.3 Å². The van der Waals surface area contributed by atoms with Crippen molar-refractivity contribution in [2.75, 3.05) is 17.3 Å². The van der Waals surface area contributed by atoms with Crippen molar-refractivity contribution < 1.29 is 0 Å². The third-order valence-corrected chi connectivity index (χ3v) is 5.46. The Morgan fingerprint density at radius 2 is 2.24 bits per heavy atom. The summed E-state index contributed by atoms with van der Waals surface area (Å²) < 4.78 is 0. The zero-order chi connectivity index (χ0) is 14.8. The molecule has 2 aromatic rings. The molecule has 0 radical (unpaired) electrons. The van der Waals surface area contributed by atoms with Gasteiger partial charge in [-0.25, -0.2) is 10.8 Å². The number of aryl methyl sites for hydroxylation is 1. The number of thiophene rings is 1. The Kier molecular flexibility index (Phi) is 4.26. The molecule has 5 nitrogen and oxygen atoms in total. The number of aromatic nitrogens is 2. The molecular weight excluding hydrogens is 282 g/mol. The largest absolute Gasteiger partial charge is 0.369 e. The van der Waals surface area contributed by atoms with Gasteiger partial charge in [0.05, 0.1) is 5.39 Å². The van der Waals surface area contributed by atoms with Gasteiger partial charge in [-0.15, -0.1) is 11.3 Å². The Bertz CT molecular complexity index is 624. The molecule has 114 valence electrons. The summed E-state index contributed by atoms with van der Waals surface area (Å²) in [4.78, 5) is 11.3. The summed E-state index contributed by atoms with van der Waals surface area (Å²) in [5.41, 5.74) is 2.57. The highest BCUT2D eigenvalue weighted by Gasteiger charge is 2.21. The molecule has 2 aromatic heterocycles. The van der Waals surface area contributed by atoms with E-state index in [0.717, 1.165) is 40.8 Å². The van der Waals surface area contributed by atoms with E-state index in [2.05, 4.69) is 40.6 Å². The van der Waals surface area contributed by atoms with Gasteiger partial charge in [-0.3, -0.25) is 5.43 Å². The highest BCUT2D eigenvalue weighted by atomic mass is 32.1. The fourth-order valence-electron chi connectivity index (χ4n) is 3.10. The number of hydrogen-bond acceptors (Lipinski definition) is 6. The molecular formula is C15H23N5S. The van der Waals surface area contributed by atoms with Crippen LogP contribution in [0, 0.1) is 11.8 Å². The second kappa shape index (κ2) is 6.15. The van der Waals surface area contributed by atoms with Gasteiger partial charge in [0.25, 0.3) is 0 Å². The molecule has 1 fully saturated rings. The lowest BCUT2D eigenvalue weighted by Crippen LogP contribution is -2.15. The van der Waals surface area contributed by atoms with E-state index in [0.29, 0.717) is 5.95 Å². The molecule has 1 aliphatic rings. The first-order valence-corrected chi connectivity index (χ1v) is 8.52. The van der Waals surface area contributed by atoms with Gasteiger partial charge in [-0.05, 0) is 37.2 Å². The number of nitrogens with two attached hydrogens (primary N) is 1. The molecule has 3 rings (SSSR count). The minimum absolute atomic E-state index is 0.481. The standard InChI is InChI=1S/C15H23N5S/c1-3-11-7-12-13(17-8-10-5-4-9(2)6-10)18-15(20-16)19-14(12)21-11/h7,9-10H,3-6,8,16H2,1-2H3,(H2,17,18,19,20). The molecule has 0 saturated heterocycles. The van der Waals surface area contributed by atoms with Crippen molar-refractivity contribution in [3.8, 4) is 0 Å². The average molecular weight is 305 g/mol. The SMILES string of the molecule is CCc1cc2c(NCC3CCC(C)C3)nc(NN)nc2s1. The first-order valence-electron chi connectivity index (χ1n) is 7.70. The van der Waals surface area contributed by atoms with Gasteiger partial charge in [0.1, 0.15) is 10.6 Å². The number of hydrogen-bond donors (Lipinski definition) is 3. The molecule has 21 heavy (non-hydrogen) atoms. The summed E-state index contributed by atoms with van der Waals surface area (Å²) in [6, 6.07) is 2.19. The molecule has 2 heterocycles. The third kappa shape index (κ3) is 3.11. The number of nitrogens with one attached hydrogen (secondary N) is 2. The summed E-state index contributed by atoms with van der Waals surface area (Å²) in [6.07, 6.45) is 4.99. The van der Waals surface area contributed by atoms with Crippen molar-refractivity contribution >= 4 is 33.3 Å². The molecule has 4 N–H and O–H groups in total. The van der Waals surface area contributed by atoms with Crippen LogP contribution in [0.1, 0.15) is 38.0 Å². The highest BCUT2D eigenvalue weighted by Crippen LogP contribution is 2.33. The monoisotopic (exact) mass is 305 g/mol. The summed E-state index contributed by atoms with van der Waals surface area (Å²) >= 11 is 1.71. The first-order chi connectivity index (χ1) is 10.2. The maximum absolute atomic E-state index is 5.49. The first kappa shape index (κ1) is 14.5. The summed E-state index contributed by atoms with van der Waals surface area (Å²) in [7, 11) is 0. The second-order valence-electron chi connectivity index (χ2n) is 5.99. The number of fused-ring (bicyclic) bond motifs is 1. The Hall–Kier alpha value is -1.40. The van der Waals surface area contributed by atoms with Gasteiger partial charge in [0.2, 0.25) is 5.95 Å². The van der Waals surface area contributed by atoms with Crippen LogP contribution in [-0.2, 0) is 6.42 Å². The number of hydrazine groups is 1. The Morgan fingerprint density at radius 3 is 2.90 bits per heavy atom. The van der Waals surface area contributed by atoms with Crippen LogP contribution in [0.25, 0.3) is 10.2 Å². The average Bonchev–Trinajstić information content (AvgIpc) is 3.10. The molecule has 0 aliphatic heterocycles. The minimum Gasteiger partial charge on any atom is -0.369 e. The van der Waals surface area contributed by atoms with E-state index in [-0.39, 0.29) is 0 Å². The third-order valence-electron chi connectivity index (χ3n) is 4.28. The zero-order valence-electron chi connectivity index (χ0n) is 12.6. The van der Waals surface area contributed by atoms with E-state index in [1.54, 1.807) is 11.3 Å². The maximum Gasteiger partial charge on any atom is 0.240 e. The predicted octanol–water partition coefficient (Wildman–Crippen LogP) is 3.39. The Balaban J connectivity index is 1.83. The number of rotatable bonds is 5. The van der Waals surface area contributed by atoms with Crippen LogP contribution in [0.2, 0.25) is 0 Å². The van der Waals surface area contributed by atoms with Gasteiger partial charge in [-0.1, -0.05) is 20.3 Å². The lowest BCUT2D eigenvalue weighted by atomic mass is 10.1. The molecule has 0 aromatic carbocycles. The zero-order valence-corrected chi connectivity index (χ0v) is 13.5. The molecule has 0 bridgehead atoms. The molecule has 0 amide bonds. The van der Waals surface area contributed by atoms with E-state index < -0.39 is 0 Å². The van der Waals surface area contributed by atoms with Gasteiger partial charge in [-0.2, -0.15) is 4.98 Å². The second-order valence-corrected chi connectivity index (χ2v) is 7.11. The number of anilines is 2. The lowest BCUT2D eigenvalue weighted by Gasteiger charge is -2.13. The topological polar surface area (TPSA) is 75.9 Å². The molecule has 2 unspecified atom stereocenters. The van der Waals surface area contributed by atoms with Crippen LogP contribution in [0.3, 0.4) is 0 Å². The minimum atomic E-state index is 0.481. The van der Waals surface area contributed by atoms with E-state index >= 15 is 0 Å². The van der Waals surface area contributed by atoms with Gasteiger partial charge in [0.15, 0.2) is 0 Å². The summed E-state index contributed by atoms with van der Waals surface area (Å²) in [6.45, 7) is 5.48. The summed E-state index contributed by atoms with van der Waals surface area (Å²) in [5.74, 6) is 8.49. The van der Waals surface area contributed by atoms with Crippen molar-refractivity contribution in [2.45, 2.75) is 39.5 Å². The summed E-state index contributed by atoms with van der Waals surface area (Å²) in [5, 5.41) is 4.64. The van der Waals surface area contributed by atoms with Crippen molar-refractivity contribution in [3.05, 3.63) is 10.9 Å². The van der Waals surface area contributed by atoms with Crippen molar-refractivity contribution in [1.82, 2.24) is 9.97 Å². The Labute approximate surface area is 129 Å². The normalized spacial score (nSPS) is 21.9. The molecule has 2 atom stereocenters. The fraction of sp³-hybridized carbons (Fsp3) is 0.600. The molecule has 0 spiro atoms. The number of nitrogens with zero attached hydrogens (tertiary/aromatic N) is 2. The Morgan fingerprint density at radius 1 is 1.38 bits per heavy atom. The molecule has 6 heteroatoms. The van der Waals surface area contributed by atoms with Gasteiger partial charge in [0, 0.05) is 11.4 Å². The lowest BCUT2D eigenvalue weighted by molar-refractivity contribution is 0.537. The maximum atomic E-state index is 5.49. The van der Waals surface area contributed by atoms with E-state index in [1.807, 2.05) is 0 Å². The fourth-order valence-corrected chi connectivity index (χ4v) is 4.06. The predicted molar refractivity (Wildman–Crippen MR) is 89.6 cm³/mol. The molecule has 1 aliphatic carbocycles. The van der Waals surface area contributed by atoms with Crippen molar-refractivity contribution in [2.24, 2.45) is 17.7 Å². The van der Waals surface area contributed by atoms with E-state index in [1.165, 1.54) is 24.1 Å². The van der Waals surface area contributed by atoms with Crippen LogP contribution < -0.4 is 16.6 Å². The van der Waals surface area contributed by atoms with Crippen LogP contribution in [-0.4, -0.2) is 16.5 Å². The number of nitrogen functional groups attached to an aromatic ring is 1. The van der Waals surface area contributed by atoms with Crippen molar-refractivity contribution in [1.29, 1.82) is 0 Å². The quantitative estimate of drug-likeness (QED) is 0.583. The van der Waals surface area contributed by atoms with Crippen LogP contribution in [0.5, 0.6) is 0 Å². The molecule has 1 saturated carbocycles. The van der Waals surface area contributed by atoms with E-state index in [4.69, 9.17) is 5.84 Å². The van der Waals surface area contributed by atoms with Gasteiger partial charge < -0.3 is 5.32 Å². The van der Waals surface area contributed by atoms with Crippen LogP contribution in [0.4, 0.5) is 11.8 Å². The van der Waals surface area contributed by atoms with Crippen LogP contribution in [0.15, 0.2) is 6.07 Å². The smallest absolute Gasteiger partial charge is 0.240 e. The van der Waals surface area contributed by atoms with E-state index in [9.17, 15) is 0 Å². The van der Waals surface area contributed by atoms with Gasteiger partial charge >= 0.3 is 0 Å². The van der Waals surface area contributed by atoms with Crippen molar-refractivity contribution in [3.63, 3.8) is 0 Å². The highest BCUT2D eigenvalue weighted by molar-refractivity contribution is 7.18.